The number of nitrogen functional groups attached to an aromatic ring is 1. The van der Waals surface area contributed by atoms with Gasteiger partial charge in [-0.3, -0.25) is 4.57 Å². The molecule has 1 aliphatic rings. The Morgan fingerprint density at radius 3 is 2.88 bits per heavy atom. The Bertz CT molecular complexity index is 469. The summed E-state index contributed by atoms with van der Waals surface area (Å²) >= 11 is 0.945. The lowest BCUT2D eigenvalue weighted by Crippen LogP contribution is -2.33. The van der Waals surface area contributed by atoms with Crippen molar-refractivity contribution < 1.29 is 14.6 Å². The van der Waals surface area contributed by atoms with Gasteiger partial charge in [-0.1, -0.05) is 0 Å². The van der Waals surface area contributed by atoms with Crippen LogP contribution in [0.25, 0.3) is 0 Å². The molecule has 0 spiro atoms. The SMILES string of the molecule is Nc1ccn([C@@H]2S[C@H](C[O])[C@@H](O)[C@@H]2F)c(=O)n1. The zero-order chi connectivity index (χ0) is 12.6. The van der Waals surface area contributed by atoms with Crippen molar-refractivity contribution in [3.05, 3.63) is 22.7 Å². The Hall–Kier alpha value is -1.12. The predicted molar refractivity (Wildman–Crippen MR) is 59.8 cm³/mol. The first kappa shape index (κ1) is 12.3. The number of nitrogens with zero attached hydrogens (tertiary/aromatic N) is 2. The van der Waals surface area contributed by atoms with Crippen LogP contribution in [0.15, 0.2) is 17.1 Å². The summed E-state index contributed by atoms with van der Waals surface area (Å²) in [6.45, 7) is -0.597. The number of alkyl halides is 1. The molecule has 6 nitrogen and oxygen atoms in total. The molecule has 1 aromatic heterocycles. The van der Waals surface area contributed by atoms with Gasteiger partial charge in [-0.15, -0.1) is 11.8 Å². The molecule has 0 saturated carbocycles. The van der Waals surface area contributed by atoms with Crippen molar-refractivity contribution in [2.45, 2.75) is 22.9 Å². The van der Waals surface area contributed by atoms with E-state index in [2.05, 4.69) is 4.98 Å². The van der Waals surface area contributed by atoms with Gasteiger partial charge < -0.3 is 10.8 Å². The van der Waals surface area contributed by atoms with Crippen molar-refractivity contribution >= 4 is 17.6 Å². The monoisotopic (exact) mass is 260 g/mol. The second-order valence-electron chi connectivity index (χ2n) is 3.71. The molecule has 93 valence electrons. The Morgan fingerprint density at radius 1 is 1.65 bits per heavy atom. The molecule has 1 aromatic rings. The van der Waals surface area contributed by atoms with Crippen LogP contribution in [0.3, 0.4) is 0 Å². The molecule has 8 heteroatoms. The summed E-state index contributed by atoms with van der Waals surface area (Å²) in [4.78, 5) is 15.0. The van der Waals surface area contributed by atoms with E-state index in [1.807, 2.05) is 0 Å². The topological polar surface area (TPSA) is 101 Å². The Kier molecular flexibility index (Phi) is 3.36. The van der Waals surface area contributed by atoms with Crippen LogP contribution in [-0.4, -0.2) is 38.8 Å². The van der Waals surface area contributed by atoms with Crippen LogP contribution in [0.1, 0.15) is 5.37 Å². The fourth-order valence-electron chi connectivity index (χ4n) is 1.68. The van der Waals surface area contributed by atoms with Gasteiger partial charge in [0.1, 0.15) is 17.3 Å². The van der Waals surface area contributed by atoms with Gasteiger partial charge in [0, 0.05) is 6.20 Å². The summed E-state index contributed by atoms with van der Waals surface area (Å²) in [5.41, 5.74) is 4.63. The number of anilines is 1. The highest BCUT2D eigenvalue weighted by Gasteiger charge is 2.45. The second-order valence-corrected chi connectivity index (χ2v) is 5.07. The van der Waals surface area contributed by atoms with Crippen LogP contribution in [-0.2, 0) is 5.11 Å². The third kappa shape index (κ3) is 2.15. The molecular weight excluding hydrogens is 249 g/mol. The zero-order valence-electron chi connectivity index (χ0n) is 8.69. The maximum absolute atomic E-state index is 13.8. The Balaban J connectivity index is 2.32. The van der Waals surface area contributed by atoms with Gasteiger partial charge >= 0.3 is 5.69 Å². The van der Waals surface area contributed by atoms with Crippen molar-refractivity contribution in [3.8, 4) is 0 Å². The first-order valence-corrected chi connectivity index (χ1v) is 5.89. The highest BCUT2D eigenvalue weighted by atomic mass is 32.2. The van der Waals surface area contributed by atoms with Crippen molar-refractivity contribution in [2.24, 2.45) is 0 Å². The lowest BCUT2D eigenvalue weighted by molar-refractivity contribution is 0.0525. The molecule has 0 amide bonds. The van der Waals surface area contributed by atoms with Gasteiger partial charge in [0.2, 0.25) is 0 Å². The average Bonchev–Trinajstić information content (AvgIpc) is 2.57. The summed E-state index contributed by atoms with van der Waals surface area (Å²) in [7, 11) is 0. The lowest BCUT2D eigenvalue weighted by Gasteiger charge is -2.15. The number of hydrogen-bond donors (Lipinski definition) is 2. The van der Waals surface area contributed by atoms with Gasteiger partial charge in [-0.25, -0.2) is 14.3 Å². The number of nitrogens with two attached hydrogens (primary N) is 1. The number of halogens is 1. The van der Waals surface area contributed by atoms with Gasteiger partial charge in [0.05, 0.1) is 11.9 Å². The lowest BCUT2D eigenvalue weighted by atomic mass is 10.1. The molecule has 1 radical (unpaired) electrons. The number of aliphatic hydroxyl groups is 1. The van der Waals surface area contributed by atoms with Gasteiger partial charge in [-0.2, -0.15) is 4.98 Å². The summed E-state index contributed by atoms with van der Waals surface area (Å²) in [5, 5.41) is 18.5. The number of hydrogen-bond acceptors (Lipinski definition) is 5. The first-order valence-electron chi connectivity index (χ1n) is 4.95. The molecule has 4 atom stereocenters. The van der Waals surface area contributed by atoms with Crippen molar-refractivity contribution in [1.29, 1.82) is 0 Å². The second kappa shape index (κ2) is 4.63. The van der Waals surface area contributed by atoms with Gasteiger partial charge in [0.15, 0.2) is 6.17 Å². The van der Waals surface area contributed by atoms with E-state index in [1.165, 1.54) is 12.3 Å². The number of thioether (sulfide) groups is 1. The minimum Gasteiger partial charge on any atom is -0.389 e. The smallest absolute Gasteiger partial charge is 0.350 e. The van der Waals surface area contributed by atoms with E-state index < -0.39 is 35.2 Å². The van der Waals surface area contributed by atoms with Crippen molar-refractivity contribution in [2.75, 3.05) is 12.3 Å². The highest BCUT2D eigenvalue weighted by molar-refractivity contribution is 8.00. The van der Waals surface area contributed by atoms with Gasteiger partial charge in [0.25, 0.3) is 0 Å². The zero-order valence-corrected chi connectivity index (χ0v) is 9.51. The molecule has 17 heavy (non-hydrogen) atoms. The molecular formula is C9H11FN3O3S. The molecule has 1 fully saturated rings. The Labute approximate surface area is 100 Å². The summed E-state index contributed by atoms with van der Waals surface area (Å²) < 4.78 is 14.8. The standard InChI is InChI=1S/C9H11FN3O3S/c10-6-7(15)4(3-14)17-8(6)13-2-1-5(11)12-9(13)16/h1-2,4,6-8,15H,3H2,(H2,11,12,16)/t4-,6+,7-,8-/m1/s1. The minimum absolute atomic E-state index is 0.0468. The van der Waals surface area contributed by atoms with Crippen LogP contribution in [0.4, 0.5) is 10.2 Å². The normalized spacial score (nSPS) is 32.9. The molecule has 2 rings (SSSR count). The largest absolute Gasteiger partial charge is 0.389 e. The molecule has 3 N–H and O–H groups in total. The third-order valence-electron chi connectivity index (χ3n) is 2.58. The van der Waals surface area contributed by atoms with Gasteiger partial charge in [-0.05, 0) is 6.07 Å². The molecule has 0 unspecified atom stereocenters. The maximum Gasteiger partial charge on any atom is 0.350 e. The predicted octanol–water partition coefficient (Wildman–Crippen LogP) is -0.431. The van der Waals surface area contributed by atoms with Crippen molar-refractivity contribution in [1.82, 2.24) is 9.55 Å². The van der Waals surface area contributed by atoms with Crippen LogP contribution >= 0.6 is 11.8 Å². The number of rotatable bonds is 2. The summed E-state index contributed by atoms with van der Waals surface area (Å²) in [6.07, 6.45) is -1.71. The third-order valence-corrected chi connectivity index (χ3v) is 4.11. The molecule has 2 heterocycles. The molecule has 0 aromatic carbocycles. The molecule has 1 saturated heterocycles. The van der Waals surface area contributed by atoms with Crippen LogP contribution in [0.5, 0.6) is 0 Å². The van der Waals surface area contributed by atoms with Crippen LogP contribution < -0.4 is 11.4 Å². The van der Waals surface area contributed by atoms with E-state index >= 15 is 0 Å². The molecule has 0 aliphatic carbocycles. The molecule has 1 aliphatic heterocycles. The highest BCUT2D eigenvalue weighted by Crippen LogP contribution is 2.42. The number of aromatic nitrogens is 2. The average molecular weight is 260 g/mol. The van der Waals surface area contributed by atoms with E-state index in [1.54, 1.807) is 0 Å². The van der Waals surface area contributed by atoms with E-state index in [4.69, 9.17) is 5.73 Å². The fourth-order valence-corrected chi connectivity index (χ4v) is 3.04. The van der Waals surface area contributed by atoms with E-state index in [-0.39, 0.29) is 5.82 Å². The summed E-state index contributed by atoms with van der Waals surface area (Å²) in [5.74, 6) is 0.0468. The molecule has 0 bridgehead atoms. The minimum atomic E-state index is -1.66. The Morgan fingerprint density at radius 2 is 2.35 bits per heavy atom. The van der Waals surface area contributed by atoms with E-state index in [0.717, 1.165) is 16.3 Å². The van der Waals surface area contributed by atoms with Crippen LogP contribution in [0, 0.1) is 0 Å². The quantitative estimate of drug-likeness (QED) is 0.751. The van der Waals surface area contributed by atoms with E-state index in [0.29, 0.717) is 0 Å². The summed E-state index contributed by atoms with van der Waals surface area (Å²) in [6, 6.07) is 1.37. The maximum atomic E-state index is 13.8. The van der Waals surface area contributed by atoms with Crippen molar-refractivity contribution in [3.63, 3.8) is 0 Å². The first-order chi connectivity index (χ1) is 8.04. The van der Waals surface area contributed by atoms with Crippen LogP contribution in [0.2, 0.25) is 0 Å². The van der Waals surface area contributed by atoms with E-state index in [9.17, 15) is 19.4 Å². The fraction of sp³-hybridized carbons (Fsp3) is 0.556. The number of aliphatic hydroxyl groups excluding tert-OH is 1.